The molecule has 0 radical (unpaired) electrons. The van der Waals surface area contributed by atoms with E-state index in [0.717, 1.165) is 30.7 Å². The minimum atomic E-state index is -0.109. The summed E-state index contributed by atoms with van der Waals surface area (Å²) in [5, 5.41) is 5.60. The molecule has 2 rings (SSSR count). The lowest BCUT2D eigenvalue weighted by molar-refractivity contribution is -0.115. The molecule has 20 heavy (non-hydrogen) atoms. The van der Waals surface area contributed by atoms with Crippen LogP contribution in [0.2, 0.25) is 0 Å². The highest BCUT2D eigenvalue weighted by molar-refractivity contribution is 6.01. The van der Waals surface area contributed by atoms with Crippen LogP contribution >= 0.6 is 0 Å². The van der Waals surface area contributed by atoms with E-state index in [0.29, 0.717) is 25.1 Å². The van der Waals surface area contributed by atoms with Crippen molar-refractivity contribution in [2.45, 2.75) is 26.2 Å². The zero-order valence-electron chi connectivity index (χ0n) is 11.7. The summed E-state index contributed by atoms with van der Waals surface area (Å²) >= 11 is 0. The van der Waals surface area contributed by atoms with Crippen molar-refractivity contribution in [3.05, 3.63) is 29.3 Å². The van der Waals surface area contributed by atoms with Crippen LogP contribution in [0.1, 0.15) is 35.7 Å². The topological polar surface area (TPSA) is 67.4 Å². The van der Waals surface area contributed by atoms with Crippen LogP contribution in [0.15, 0.2) is 18.2 Å². The van der Waals surface area contributed by atoms with Crippen molar-refractivity contribution in [1.29, 1.82) is 0 Å². The van der Waals surface area contributed by atoms with Gasteiger partial charge in [0.2, 0.25) is 5.91 Å². The second kappa shape index (κ2) is 7.05. The number of benzene rings is 1. The minimum absolute atomic E-state index is 0.0226. The van der Waals surface area contributed by atoms with Crippen LogP contribution in [0.5, 0.6) is 0 Å². The van der Waals surface area contributed by atoms with Crippen LogP contribution < -0.4 is 10.6 Å². The number of ether oxygens (including phenoxy) is 1. The van der Waals surface area contributed by atoms with Crippen LogP contribution in [-0.4, -0.2) is 31.6 Å². The summed E-state index contributed by atoms with van der Waals surface area (Å²) in [4.78, 5) is 23.2. The minimum Gasteiger partial charge on any atom is -0.381 e. The Hall–Kier alpha value is -1.88. The van der Waals surface area contributed by atoms with Crippen molar-refractivity contribution in [2.24, 2.45) is 0 Å². The molecule has 1 heterocycles. The van der Waals surface area contributed by atoms with Gasteiger partial charge in [-0.15, -0.1) is 0 Å². The lowest BCUT2D eigenvalue weighted by Gasteiger charge is -2.07. The summed E-state index contributed by atoms with van der Waals surface area (Å²) in [6.45, 7) is 4.09. The summed E-state index contributed by atoms with van der Waals surface area (Å²) in [5.74, 6) is -0.131. The predicted molar refractivity (Wildman–Crippen MR) is 76.8 cm³/mol. The van der Waals surface area contributed by atoms with Crippen molar-refractivity contribution in [3.63, 3.8) is 0 Å². The van der Waals surface area contributed by atoms with Gasteiger partial charge in [0.1, 0.15) is 0 Å². The van der Waals surface area contributed by atoms with Gasteiger partial charge in [0.25, 0.3) is 5.91 Å². The predicted octanol–water partition coefficient (Wildman–Crippen LogP) is 1.73. The Morgan fingerprint density at radius 1 is 1.40 bits per heavy atom. The Bertz CT molecular complexity index is 500. The molecule has 2 N–H and O–H groups in total. The van der Waals surface area contributed by atoms with Crippen LogP contribution in [0.25, 0.3) is 0 Å². The first kappa shape index (κ1) is 14.5. The number of amides is 2. The van der Waals surface area contributed by atoms with Crippen LogP contribution in [-0.2, 0) is 16.0 Å². The number of carbonyl (C=O) groups is 2. The van der Waals surface area contributed by atoms with E-state index in [2.05, 4.69) is 17.6 Å². The Kier molecular flexibility index (Phi) is 5.12. The normalized spacial score (nSPS) is 12.9. The highest BCUT2D eigenvalue weighted by Gasteiger charge is 2.18. The summed E-state index contributed by atoms with van der Waals surface area (Å²) in [5.41, 5.74) is 2.28. The highest BCUT2D eigenvalue weighted by Crippen LogP contribution is 2.23. The number of hydrogen-bond donors (Lipinski definition) is 2. The third-order valence-electron chi connectivity index (χ3n) is 3.09. The molecule has 0 aliphatic carbocycles. The average molecular weight is 276 g/mol. The summed E-state index contributed by atoms with van der Waals surface area (Å²) in [6, 6.07) is 5.28. The first-order chi connectivity index (χ1) is 9.70. The number of hydrogen-bond acceptors (Lipinski definition) is 3. The van der Waals surface area contributed by atoms with E-state index in [9.17, 15) is 9.59 Å². The number of fused-ring (bicyclic) bond motifs is 1. The van der Waals surface area contributed by atoms with Crippen LogP contribution in [0.4, 0.5) is 5.69 Å². The van der Waals surface area contributed by atoms with Gasteiger partial charge in [-0.2, -0.15) is 0 Å². The fraction of sp³-hybridized carbons (Fsp3) is 0.467. The molecule has 0 bridgehead atoms. The average Bonchev–Trinajstić information content (AvgIpc) is 2.81. The van der Waals surface area contributed by atoms with Gasteiger partial charge in [0.05, 0.1) is 6.42 Å². The number of nitrogens with one attached hydrogen (secondary N) is 2. The van der Waals surface area contributed by atoms with E-state index >= 15 is 0 Å². The van der Waals surface area contributed by atoms with Gasteiger partial charge in [-0.25, -0.2) is 0 Å². The van der Waals surface area contributed by atoms with Crippen LogP contribution in [0.3, 0.4) is 0 Å². The maximum absolute atomic E-state index is 12.0. The maximum Gasteiger partial charge on any atom is 0.251 e. The second-order valence-electron chi connectivity index (χ2n) is 4.82. The van der Waals surface area contributed by atoms with E-state index in [1.54, 1.807) is 18.2 Å². The molecule has 0 saturated heterocycles. The molecule has 0 saturated carbocycles. The van der Waals surface area contributed by atoms with Gasteiger partial charge in [-0.1, -0.05) is 6.92 Å². The third-order valence-corrected chi connectivity index (χ3v) is 3.09. The van der Waals surface area contributed by atoms with Crippen molar-refractivity contribution in [1.82, 2.24) is 5.32 Å². The van der Waals surface area contributed by atoms with Crippen LogP contribution in [0, 0.1) is 0 Å². The molecule has 2 amide bonds. The SMILES string of the molecule is CCCOCCCNC(=O)c1ccc2c(c1)CC(=O)N2. The fourth-order valence-electron chi connectivity index (χ4n) is 2.10. The highest BCUT2D eigenvalue weighted by atomic mass is 16.5. The molecule has 1 aromatic carbocycles. The largest absolute Gasteiger partial charge is 0.381 e. The third kappa shape index (κ3) is 3.81. The molecule has 5 nitrogen and oxygen atoms in total. The fourth-order valence-corrected chi connectivity index (χ4v) is 2.10. The Morgan fingerprint density at radius 2 is 2.25 bits per heavy atom. The summed E-state index contributed by atoms with van der Waals surface area (Å²) in [7, 11) is 0. The first-order valence-corrected chi connectivity index (χ1v) is 6.99. The van der Waals surface area contributed by atoms with Gasteiger partial charge < -0.3 is 15.4 Å². The van der Waals surface area contributed by atoms with E-state index in [4.69, 9.17) is 4.74 Å². The van der Waals surface area contributed by atoms with Gasteiger partial charge >= 0.3 is 0 Å². The zero-order chi connectivity index (χ0) is 14.4. The van der Waals surface area contributed by atoms with Gasteiger partial charge in [-0.3, -0.25) is 9.59 Å². The zero-order valence-corrected chi connectivity index (χ0v) is 11.7. The van der Waals surface area contributed by atoms with Gasteiger partial charge in [0, 0.05) is 31.0 Å². The molecule has 5 heteroatoms. The number of rotatable bonds is 7. The second-order valence-corrected chi connectivity index (χ2v) is 4.82. The van der Waals surface area contributed by atoms with E-state index < -0.39 is 0 Å². The Balaban J connectivity index is 1.79. The molecule has 0 atom stereocenters. The van der Waals surface area contributed by atoms with Gasteiger partial charge in [0.15, 0.2) is 0 Å². The first-order valence-electron chi connectivity index (χ1n) is 6.99. The summed E-state index contributed by atoms with van der Waals surface area (Å²) in [6.07, 6.45) is 2.16. The molecular formula is C15H20N2O3. The molecule has 1 aliphatic heterocycles. The molecule has 0 aromatic heterocycles. The maximum atomic E-state index is 12.0. The lowest BCUT2D eigenvalue weighted by Crippen LogP contribution is -2.25. The van der Waals surface area contributed by atoms with Crippen molar-refractivity contribution >= 4 is 17.5 Å². The monoisotopic (exact) mass is 276 g/mol. The molecule has 1 aliphatic rings. The van der Waals surface area contributed by atoms with E-state index in [1.165, 1.54) is 0 Å². The summed E-state index contributed by atoms with van der Waals surface area (Å²) < 4.78 is 5.35. The van der Waals surface area contributed by atoms with Gasteiger partial charge in [-0.05, 0) is 36.6 Å². The molecule has 0 fully saturated rings. The van der Waals surface area contributed by atoms with E-state index in [1.807, 2.05) is 0 Å². The Morgan fingerprint density at radius 3 is 3.05 bits per heavy atom. The van der Waals surface area contributed by atoms with Crippen molar-refractivity contribution < 1.29 is 14.3 Å². The van der Waals surface area contributed by atoms with E-state index in [-0.39, 0.29) is 11.8 Å². The molecule has 0 spiro atoms. The number of carbonyl (C=O) groups excluding carboxylic acids is 2. The number of anilines is 1. The van der Waals surface area contributed by atoms with Crippen molar-refractivity contribution in [2.75, 3.05) is 25.1 Å². The Labute approximate surface area is 118 Å². The van der Waals surface area contributed by atoms with Crippen molar-refractivity contribution in [3.8, 4) is 0 Å². The lowest BCUT2D eigenvalue weighted by atomic mass is 10.1. The molecular weight excluding hydrogens is 256 g/mol. The quantitative estimate of drug-likeness (QED) is 0.745. The standard InChI is InChI=1S/C15H20N2O3/c1-2-7-20-8-3-6-16-15(19)11-4-5-13-12(9-11)10-14(18)17-13/h4-5,9H,2-3,6-8,10H2,1H3,(H,16,19)(H,17,18). The molecule has 108 valence electrons. The smallest absolute Gasteiger partial charge is 0.251 e. The molecule has 1 aromatic rings. The molecule has 0 unspecified atom stereocenters.